The topological polar surface area (TPSA) is 77.8 Å². The van der Waals surface area contributed by atoms with Crippen molar-refractivity contribution in [3.63, 3.8) is 0 Å². The quantitative estimate of drug-likeness (QED) is 0.397. The van der Waals surface area contributed by atoms with Gasteiger partial charge in [-0.25, -0.2) is 4.79 Å². The van der Waals surface area contributed by atoms with Crippen LogP contribution < -0.4 is 0 Å². The SMILES string of the molecule is O=C(O)[C@@H]1C[C@H](O)CN1C(=O)c1cc(I)cc(I)c1I. The van der Waals surface area contributed by atoms with Crippen molar-refractivity contribution in [2.45, 2.75) is 18.6 Å². The zero-order valence-electron chi connectivity index (χ0n) is 10.0. The van der Waals surface area contributed by atoms with Crippen LogP contribution in [0.5, 0.6) is 0 Å². The predicted octanol–water partition coefficient (Wildman–Crippen LogP) is 2.16. The van der Waals surface area contributed by atoms with Crippen LogP contribution in [-0.4, -0.2) is 45.7 Å². The third-order valence-corrected chi connectivity index (χ3v) is 6.72. The van der Waals surface area contributed by atoms with E-state index in [9.17, 15) is 14.7 Å². The van der Waals surface area contributed by atoms with Gasteiger partial charge < -0.3 is 15.1 Å². The zero-order chi connectivity index (χ0) is 15.0. The van der Waals surface area contributed by atoms with Gasteiger partial charge in [0.1, 0.15) is 6.04 Å². The summed E-state index contributed by atoms with van der Waals surface area (Å²) >= 11 is 6.35. The van der Waals surface area contributed by atoms with Crippen molar-refractivity contribution in [1.82, 2.24) is 4.90 Å². The minimum absolute atomic E-state index is 0.0634. The molecule has 0 bridgehead atoms. The maximum Gasteiger partial charge on any atom is 0.326 e. The van der Waals surface area contributed by atoms with Gasteiger partial charge in [-0.15, -0.1) is 0 Å². The van der Waals surface area contributed by atoms with Gasteiger partial charge in [-0.2, -0.15) is 0 Å². The summed E-state index contributed by atoms with van der Waals surface area (Å²) in [5, 5.41) is 18.8. The van der Waals surface area contributed by atoms with Crippen LogP contribution in [-0.2, 0) is 4.79 Å². The van der Waals surface area contributed by atoms with Crippen LogP contribution in [0.4, 0.5) is 0 Å². The highest BCUT2D eigenvalue weighted by Gasteiger charge is 2.39. The molecule has 0 unspecified atom stereocenters. The second-order valence-corrected chi connectivity index (χ2v) is 7.94. The highest BCUT2D eigenvalue weighted by Crippen LogP contribution is 2.27. The summed E-state index contributed by atoms with van der Waals surface area (Å²) in [6.07, 6.45) is -0.696. The van der Waals surface area contributed by atoms with Gasteiger partial charge in [-0.1, -0.05) is 0 Å². The minimum atomic E-state index is -1.08. The van der Waals surface area contributed by atoms with E-state index in [1.165, 1.54) is 4.90 Å². The third kappa shape index (κ3) is 3.38. The van der Waals surface area contributed by atoms with Gasteiger partial charge in [0.05, 0.1) is 11.7 Å². The molecular formula is C12H10I3NO4. The van der Waals surface area contributed by atoms with E-state index >= 15 is 0 Å². The van der Waals surface area contributed by atoms with Crippen LogP contribution in [0.25, 0.3) is 0 Å². The first-order valence-corrected chi connectivity index (χ1v) is 8.91. The Labute approximate surface area is 156 Å². The van der Waals surface area contributed by atoms with Gasteiger partial charge in [0.25, 0.3) is 5.91 Å². The predicted molar refractivity (Wildman–Crippen MR) is 97.7 cm³/mol. The van der Waals surface area contributed by atoms with Crippen molar-refractivity contribution in [2.24, 2.45) is 0 Å². The first kappa shape index (κ1) is 16.7. The second-order valence-electron chi connectivity index (χ2n) is 4.45. The summed E-state index contributed by atoms with van der Waals surface area (Å²) in [6.45, 7) is 0.0634. The lowest BCUT2D eigenvalue weighted by Gasteiger charge is -2.22. The Morgan fingerprint density at radius 3 is 2.50 bits per heavy atom. The number of carboxylic acid groups (broad SMARTS) is 1. The smallest absolute Gasteiger partial charge is 0.326 e. The van der Waals surface area contributed by atoms with Gasteiger partial charge in [0.2, 0.25) is 0 Å². The van der Waals surface area contributed by atoms with Gasteiger partial charge in [0.15, 0.2) is 0 Å². The van der Waals surface area contributed by atoms with Crippen molar-refractivity contribution in [1.29, 1.82) is 0 Å². The molecule has 0 saturated carbocycles. The third-order valence-electron chi connectivity index (χ3n) is 3.05. The lowest BCUT2D eigenvalue weighted by Crippen LogP contribution is -2.41. The Hall–Kier alpha value is 0.310. The van der Waals surface area contributed by atoms with Crippen molar-refractivity contribution in [3.8, 4) is 0 Å². The number of rotatable bonds is 2. The number of aliphatic carboxylic acids is 1. The molecule has 8 heteroatoms. The van der Waals surface area contributed by atoms with Crippen molar-refractivity contribution < 1.29 is 19.8 Å². The van der Waals surface area contributed by atoms with Gasteiger partial charge >= 0.3 is 5.97 Å². The molecule has 2 atom stereocenters. The number of aliphatic hydroxyl groups is 1. The lowest BCUT2D eigenvalue weighted by atomic mass is 10.1. The number of likely N-dealkylation sites (tertiary alicyclic amines) is 1. The van der Waals surface area contributed by atoms with Gasteiger partial charge in [-0.05, 0) is 79.9 Å². The molecule has 2 N–H and O–H groups in total. The van der Waals surface area contributed by atoms with Gasteiger partial charge in [0, 0.05) is 23.7 Å². The molecule has 2 rings (SSSR count). The molecule has 1 fully saturated rings. The average Bonchev–Trinajstić information content (AvgIpc) is 2.75. The van der Waals surface area contributed by atoms with E-state index in [0.29, 0.717) is 5.56 Å². The molecule has 1 aliphatic heterocycles. The van der Waals surface area contributed by atoms with Crippen LogP contribution in [0.2, 0.25) is 0 Å². The Kier molecular flexibility index (Phi) is 5.51. The average molecular weight is 613 g/mol. The van der Waals surface area contributed by atoms with Crippen LogP contribution in [0.15, 0.2) is 12.1 Å². The maximum atomic E-state index is 12.6. The van der Waals surface area contributed by atoms with Crippen molar-refractivity contribution in [3.05, 3.63) is 28.4 Å². The summed E-state index contributed by atoms with van der Waals surface area (Å²) in [5.41, 5.74) is 0.488. The van der Waals surface area contributed by atoms with Crippen molar-refractivity contribution in [2.75, 3.05) is 6.54 Å². The zero-order valence-corrected chi connectivity index (χ0v) is 16.5. The van der Waals surface area contributed by atoms with Crippen molar-refractivity contribution >= 4 is 79.6 Å². The van der Waals surface area contributed by atoms with Gasteiger partial charge in [-0.3, -0.25) is 4.79 Å². The first-order valence-electron chi connectivity index (χ1n) is 5.67. The maximum absolute atomic E-state index is 12.6. The molecule has 1 aromatic rings. The number of hydrogen-bond donors (Lipinski definition) is 2. The first-order chi connectivity index (χ1) is 9.31. The molecule has 5 nitrogen and oxygen atoms in total. The number of β-amino-alcohol motifs (C(OH)–C–C–N with tert-alkyl or cyclic N) is 1. The number of nitrogens with zero attached hydrogens (tertiary/aromatic N) is 1. The number of halogens is 3. The summed E-state index contributed by atoms with van der Waals surface area (Å²) in [5.74, 6) is -1.42. The van der Waals surface area contributed by atoms with E-state index < -0.39 is 18.1 Å². The molecule has 108 valence electrons. The Morgan fingerprint density at radius 2 is 1.90 bits per heavy atom. The molecule has 0 aromatic heterocycles. The number of aliphatic hydroxyl groups excluding tert-OH is 1. The molecule has 0 spiro atoms. The molecule has 0 aliphatic carbocycles. The molecule has 0 radical (unpaired) electrons. The fraction of sp³-hybridized carbons (Fsp3) is 0.333. The molecular weight excluding hydrogens is 603 g/mol. The highest BCUT2D eigenvalue weighted by molar-refractivity contribution is 14.1. The minimum Gasteiger partial charge on any atom is -0.480 e. The molecule has 20 heavy (non-hydrogen) atoms. The summed E-state index contributed by atoms with van der Waals surface area (Å²) in [4.78, 5) is 25.0. The molecule has 1 amide bonds. The second kappa shape index (κ2) is 6.60. The standard InChI is InChI=1S/C12H10I3NO4/c13-5-1-7(10(15)8(14)2-5)11(18)16-4-6(17)3-9(16)12(19)20/h1-2,6,9,17H,3-4H2,(H,19,20)/t6-,9-/m0/s1. The Balaban J connectivity index is 2.38. The van der Waals surface area contributed by atoms with E-state index in [1.54, 1.807) is 6.07 Å². The van der Waals surface area contributed by atoms with Crippen LogP contribution in [0.3, 0.4) is 0 Å². The van der Waals surface area contributed by atoms with E-state index in [-0.39, 0.29) is 18.9 Å². The van der Waals surface area contributed by atoms with E-state index in [1.807, 2.05) is 6.07 Å². The number of hydrogen-bond acceptors (Lipinski definition) is 3. The van der Waals surface area contributed by atoms with E-state index in [2.05, 4.69) is 67.8 Å². The number of carbonyl (C=O) groups excluding carboxylic acids is 1. The number of benzene rings is 1. The molecule has 1 aromatic carbocycles. The summed E-state index contributed by atoms with van der Waals surface area (Å²) in [7, 11) is 0. The fourth-order valence-electron chi connectivity index (χ4n) is 2.14. The van der Waals surface area contributed by atoms with Crippen LogP contribution >= 0.6 is 67.8 Å². The fourth-order valence-corrected chi connectivity index (χ4v) is 4.53. The lowest BCUT2D eigenvalue weighted by molar-refractivity contribution is -0.141. The molecule has 1 heterocycles. The Bertz CT molecular complexity index is 578. The summed E-state index contributed by atoms with van der Waals surface area (Å²) < 4.78 is 2.67. The number of carbonyl (C=O) groups is 2. The normalized spacial score (nSPS) is 22.1. The monoisotopic (exact) mass is 613 g/mol. The van der Waals surface area contributed by atoms with E-state index in [0.717, 1.165) is 10.7 Å². The number of carboxylic acids is 1. The van der Waals surface area contributed by atoms with Crippen LogP contribution in [0, 0.1) is 10.7 Å². The largest absolute Gasteiger partial charge is 0.480 e. The Morgan fingerprint density at radius 1 is 1.25 bits per heavy atom. The van der Waals surface area contributed by atoms with Crippen LogP contribution in [0.1, 0.15) is 16.8 Å². The highest BCUT2D eigenvalue weighted by atomic mass is 127. The van der Waals surface area contributed by atoms with E-state index in [4.69, 9.17) is 5.11 Å². The summed E-state index contributed by atoms with van der Waals surface area (Å²) in [6, 6.07) is 2.74. The molecule has 1 aliphatic rings. The molecule has 1 saturated heterocycles. The number of amides is 1.